The van der Waals surface area contributed by atoms with E-state index in [2.05, 4.69) is 20.6 Å². The Kier molecular flexibility index (Phi) is 5.39. The van der Waals surface area contributed by atoms with Gasteiger partial charge >= 0.3 is 0 Å². The van der Waals surface area contributed by atoms with E-state index in [1.807, 2.05) is 58.0 Å². The number of hydrogen-bond acceptors (Lipinski definition) is 5. The van der Waals surface area contributed by atoms with Crippen molar-refractivity contribution in [2.75, 3.05) is 17.2 Å². The molecule has 2 N–H and O–H groups in total. The lowest BCUT2D eigenvalue weighted by molar-refractivity contribution is -0.129. The fourth-order valence-electron chi connectivity index (χ4n) is 3.24. The van der Waals surface area contributed by atoms with Crippen LogP contribution < -0.4 is 10.6 Å². The highest BCUT2D eigenvalue weighted by atomic mass is 16.2. The third-order valence-electron chi connectivity index (χ3n) is 4.52. The number of carbonyl (C=O) groups is 2. The third kappa shape index (κ3) is 4.61. The van der Waals surface area contributed by atoms with Crippen LogP contribution in [0.2, 0.25) is 0 Å². The Hall–Kier alpha value is -2.96. The summed E-state index contributed by atoms with van der Waals surface area (Å²) in [5, 5.41) is 6.08. The summed E-state index contributed by atoms with van der Waals surface area (Å²) < 4.78 is 0. The van der Waals surface area contributed by atoms with Gasteiger partial charge in [-0.3, -0.25) is 9.59 Å². The number of benzene rings is 1. The second-order valence-corrected chi connectivity index (χ2v) is 7.21. The minimum atomic E-state index is -0.320. The number of carbonyl (C=O) groups excluding carboxylic acids is 2. The maximum atomic E-state index is 12.6. The molecular weight excluding hydrogens is 342 g/mol. The molecule has 1 aliphatic rings. The van der Waals surface area contributed by atoms with E-state index in [-0.39, 0.29) is 30.2 Å². The lowest BCUT2D eigenvalue weighted by Crippen LogP contribution is -2.33. The van der Waals surface area contributed by atoms with Crippen molar-refractivity contribution in [2.24, 2.45) is 5.92 Å². The number of aryl methyl sites for hydroxylation is 2. The molecule has 2 amide bonds. The second kappa shape index (κ2) is 7.73. The molecule has 1 unspecified atom stereocenters. The molecule has 0 spiro atoms. The molecule has 27 heavy (non-hydrogen) atoms. The van der Waals surface area contributed by atoms with Crippen LogP contribution in [0.5, 0.6) is 0 Å². The van der Waals surface area contributed by atoms with E-state index in [1.165, 1.54) is 0 Å². The summed E-state index contributed by atoms with van der Waals surface area (Å²) in [6, 6.07) is 9.40. The van der Waals surface area contributed by atoms with E-state index < -0.39 is 0 Å². The normalized spacial score (nSPS) is 16.7. The number of anilines is 3. The first-order valence-corrected chi connectivity index (χ1v) is 9.11. The summed E-state index contributed by atoms with van der Waals surface area (Å²) in [5.41, 5.74) is 3.22. The molecular formula is C20H25N5O2. The van der Waals surface area contributed by atoms with Gasteiger partial charge in [-0.15, -0.1) is 0 Å². The van der Waals surface area contributed by atoms with Gasteiger partial charge in [-0.2, -0.15) is 0 Å². The molecule has 142 valence electrons. The van der Waals surface area contributed by atoms with Crippen molar-refractivity contribution in [1.29, 1.82) is 0 Å². The van der Waals surface area contributed by atoms with Gasteiger partial charge in [0.15, 0.2) is 0 Å². The van der Waals surface area contributed by atoms with Crippen LogP contribution in [-0.4, -0.2) is 39.3 Å². The zero-order valence-corrected chi connectivity index (χ0v) is 16.1. The van der Waals surface area contributed by atoms with Crippen molar-refractivity contribution >= 4 is 29.1 Å². The smallest absolute Gasteiger partial charge is 0.229 e. The molecule has 7 nitrogen and oxygen atoms in total. The fourth-order valence-corrected chi connectivity index (χ4v) is 3.24. The monoisotopic (exact) mass is 367 g/mol. The van der Waals surface area contributed by atoms with E-state index in [0.29, 0.717) is 18.2 Å². The average molecular weight is 367 g/mol. The molecule has 2 aromatic rings. The molecule has 7 heteroatoms. The number of nitrogens with zero attached hydrogens (tertiary/aromatic N) is 3. The number of hydrogen-bond donors (Lipinski definition) is 2. The first-order chi connectivity index (χ1) is 12.8. The van der Waals surface area contributed by atoms with Crippen molar-refractivity contribution < 1.29 is 9.59 Å². The molecule has 1 aromatic carbocycles. The molecule has 0 bridgehead atoms. The number of likely N-dealkylation sites (tertiary alicyclic amines) is 1. The standard InChI is InChI=1S/C20H25N5O2/c1-12(2)25-11-15(9-18(25)26)19(27)23-16-6-5-7-17(10-16)24-20-21-13(3)8-14(4)22-20/h5-8,10,12,15H,9,11H2,1-4H3,(H,23,27)(H,21,22,24). The Labute approximate surface area is 159 Å². The summed E-state index contributed by atoms with van der Waals surface area (Å²) in [7, 11) is 0. The van der Waals surface area contributed by atoms with Gasteiger partial charge in [0.05, 0.1) is 5.92 Å². The van der Waals surface area contributed by atoms with Crippen molar-refractivity contribution in [2.45, 2.75) is 40.2 Å². The summed E-state index contributed by atoms with van der Waals surface area (Å²) in [5.74, 6) is 0.100. The average Bonchev–Trinajstić information content (AvgIpc) is 2.96. The molecule has 0 saturated carbocycles. The first kappa shape index (κ1) is 18.8. The maximum Gasteiger partial charge on any atom is 0.229 e. The van der Waals surface area contributed by atoms with Crippen LogP contribution in [0, 0.1) is 19.8 Å². The SMILES string of the molecule is Cc1cc(C)nc(Nc2cccc(NC(=O)C3CC(=O)N(C(C)C)C3)c2)n1. The Balaban J connectivity index is 1.67. The summed E-state index contributed by atoms with van der Waals surface area (Å²) in [6.45, 7) is 8.22. The van der Waals surface area contributed by atoms with Crippen LogP contribution in [0.25, 0.3) is 0 Å². The number of nitrogens with one attached hydrogen (secondary N) is 2. The molecule has 0 aliphatic carbocycles. The highest BCUT2D eigenvalue weighted by molar-refractivity contribution is 5.97. The minimum Gasteiger partial charge on any atom is -0.339 e. The van der Waals surface area contributed by atoms with Gasteiger partial charge in [-0.05, 0) is 52.0 Å². The maximum absolute atomic E-state index is 12.6. The van der Waals surface area contributed by atoms with Crippen LogP contribution in [0.4, 0.5) is 17.3 Å². The van der Waals surface area contributed by atoms with E-state index in [4.69, 9.17) is 0 Å². The largest absolute Gasteiger partial charge is 0.339 e. The van der Waals surface area contributed by atoms with Gasteiger partial charge in [0.25, 0.3) is 0 Å². The van der Waals surface area contributed by atoms with Crippen molar-refractivity contribution in [3.8, 4) is 0 Å². The lowest BCUT2D eigenvalue weighted by Gasteiger charge is -2.20. The van der Waals surface area contributed by atoms with E-state index in [0.717, 1.165) is 17.1 Å². The highest BCUT2D eigenvalue weighted by Gasteiger charge is 2.35. The second-order valence-electron chi connectivity index (χ2n) is 7.21. The fraction of sp³-hybridized carbons (Fsp3) is 0.400. The van der Waals surface area contributed by atoms with E-state index in [1.54, 1.807) is 4.90 Å². The third-order valence-corrected chi connectivity index (χ3v) is 4.52. The van der Waals surface area contributed by atoms with E-state index >= 15 is 0 Å². The van der Waals surface area contributed by atoms with Gasteiger partial charge < -0.3 is 15.5 Å². The molecule has 0 radical (unpaired) electrons. The Morgan fingerprint density at radius 3 is 2.44 bits per heavy atom. The van der Waals surface area contributed by atoms with Gasteiger partial charge in [-0.1, -0.05) is 6.07 Å². The van der Waals surface area contributed by atoms with Crippen LogP contribution >= 0.6 is 0 Å². The highest BCUT2D eigenvalue weighted by Crippen LogP contribution is 2.23. The van der Waals surface area contributed by atoms with Crippen LogP contribution in [0.1, 0.15) is 31.7 Å². The lowest BCUT2D eigenvalue weighted by atomic mass is 10.1. The number of aromatic nitrogens is 2. The quantitative estimate of drug-likeness (QED) is 0.848. The minimum absolute atomic E-state index is 0.0348. The Morgan fingerprint density at radius 2 is 1.81 bits per heavy atom. The summed E-state index contributed by atoms with van der Waals surface area (Å²) >= 11 is 0. The zero-order valence-electron chi connectivity index (χ0n) is 16.1. The molecule has 1 saturated heterocycles. The molecule has 1 atom stereocenters. The van der Waals surface area contributed by atoms with Crippen molar-refractivity contribution in [3.05, 3.63) is 41.7 Å². The first-order valence-electron chi connectivity index (χ1n) is 9.11. The summed E-state index contributed by atoms with van der Waals surface area (Å²) in [6.07, 6.45) is 0.262. The predicted octanol–water partition coefficient (Wildman–Crippen LogP) is 3.03. The molecule has 3 rings (SSSR count). The van der Waals surface area contributed by atoms with E-state index in [9.17, 15) is 9.59 Å². The predicted molar refractivity (Wildman–Crippen MR) is 105 cm³/mol. The molecule has 2 heterocycles. The Bertz CT molecular complexity index is 845. The molecule has 1 aliphatic heterocycles. The number of rotatable bonds is 5. The van der Waals surface area contributed by atoms with Crippen molar-refractivity contribution in [1.82, 2.24) is 14.9 Å². The van der Waals surface area contributed by atoms with Crippen molar-refractivity contribution in [3.63, 3.8) is 0 Å². The van der Waals surface area contributed by atoms with Crippen LogP contribution in [0.3, 0.4) is 0 Å². The zero-order chi connectivity index (χ0) is 19.6. The van der Waals surface area contributed by atoms with Gasteiger partial charge in [0.2, 0.25) is 17.8 Å². The molecule has 1 aromatic heterocycles. The summed E-state index contributed by atoms with van der Waals surface area (Å²) in [4.78, 5) is 35.0. The Morgan fingerprint density at radius 1 is 1.15 bits per heavy atom. The number of amides is 2. The van der Waals surface area contributed by atoms with Gasteiger partial charge in [0.1, 0.15) is 0 Å². The van der Waals surface area contributed by atoms with Gasteiger partial charge in [-0.25, -0.2) is 9.97 Å². The van der Waals surface area contributed by atoms with Gasteiger partial charge in [0, 0.05) is 41.8 Å². The van der Waals surface area contributed by atoms with Crippen LogP contribution in [0.15, 0.2) is 30.3 Å². The molecule has 1 fully saturated rings. The van der Waals surface area contributed by atoms with Crippen LogP contribution in [-0.2, 0) is 9.59 Å². The topological polar surface area (TPSA) is 87.2 Å².